The first-order chi connectivity index (χ1) is 23.2. The number of thiophene rings is 1. The quantitative estimate of drug-likeness (QED) is 0.141. The normalized spacial score (nSPS) is 13.5. The van der Waals surface area contributed by atoms with E-state index in [2.05, 4.69) is 147 Å². The Bertz CT molecular complexity index is 2740. The van der Waals surface area contributed by atoms with Gasteiger partial charge in [0.2, 0.25) is 0 Å². The van der Waals surface area contributed by atoms with Crippen molar-refractivity contribution in [1.29, 1.82) is 0 Å². The lowest BCUT2D eigenvalue weighted by Crippen LogP contribution is -1.98. The van der Waals surface area contributed by atoms with Gasteiger partial charge in [-0.05, 0) is 82.1 Å². The number of para-hydroxylation sites is 1. The molecule has 9 rings (SSSR count). The Labute approximate surface area is 277 Å². The van der Waals surface area contributed by atoms with E-state index in [1.54, 1.807) is 0 Å². The van der Waals surface area contributed by atoms with Crippen molar-refractivity contribution in [2.24, 2.45) is 0 Å². The second-order valence-electron chi connectivity index (χ2n) is 12.2. The Hall–Kier alpha value is -5.53. The average Bonchev–Trinajstić information content (AvgIpc) is 3.30. The number of benzene rings is 6. The molecule has 1 aliphatic rings. The van der Waals surface area contributed by atoms with Crippen LogP contribution in [-0.2, 0) is 0 Å². The molecule has 0 saturated heterocycles. The summed E-state index contributed by atoms with van der Waals surface area (Å²) in [6.45, 7) is 6.53. The summed E-state index contributed by atoms with van der Waals surface area (Å²) in [4.78, 5) is 5.50. The largest absolute Gasteiger partial charge is 0.247 e. The summed E-state index contributed by atoms with van der Waals surface area (Å²) in [5.74, 6) is 0. The Kier molecular flexibility index (Phi) is 6.54. The first kappa shape index (κ1) is 27.8. The van der Waals surface area contributed by atoms with Crippen molar-refractivity contribution in [3.8, 4) is 11.3 Å². The summed E-state index contributed by atoms with van der Waals surface area (Å²) >= 11 is 1.91. The maximum atomic E-state index is 5.50. The number of allylic oxidation sites excluding steroid dienone is 4. The number of pyridine rings is 1. The van der Waals surface area contributed by atoms with Crippen molar-refractivity contribution < 1.29 is 0 Å². The molecule has 0 bridgehead atoms. The zero-order valence-electron chi connectivity index (χ0n) is 26.2. The molecule has 0 saturated carbocycles. The van der Waals surface area contributed by atoms with Crippen LogP contribution in [-0.4, -0.2) is 4.98 Å². The van der Waals surface area contributed by atoms with Gasteiger partial charge in [0.25, 0.3) is 0 Å². The van der Waals surface area contributed by atoms with Gasteiger partial charge >= 0.3 is 0 Å². The minimum Gasteiger partial charge on any atom is -0.247 e. The molecule has 8 aromatic rings. The van der Waals surface area contributed by atoms with Gasteiger partial charge in [-0.15, -0.1) is 17.1 Å². The van der Waals surface area contributed by atoms with E-state index in [9.17, 15) is 0 Å². The lowest BCUT2D eigenvalue weighted by atomic mass is 9.85. The molecule has 0 aliphatic heterocycles. The Morgan fingerprint density at radius 2 is 1.49 bits per heavy atom. The third kappa shape index (κ3) is 4.27. The van der Waals surface area contributed by atoms with E-state index in [1.165, 1.54) is 63.6 Å². The van der Waals surface area contributed by atoms with Crippen molar-refractivity contribution in [2.45, 2.75) is 19.8 Å². The summed E-state index contributed by atoms with van der Waals surface area (Å²) in [5.41, 5.74) is 11.5. The number of aromatic nitrogens is 1. The van der Waals surface area contributed by atoms with Crippen LogP contribution >= 0.6 is 11.3 Å². The van der Waals surface area contributed by atoms with E-state index in [0.29, 0.717) is 0 Å². The van der Waals surface area contributed by atoms with Gasteiger partial charge in [0.15, 0.2) is 0 Å². The molecule has 0 radical (unpaired) electrons. The van der Waals surface area contributed by atoms with Crippen LogP contribution in [0.25, 0.3) is 92.4 Å². The molecule has 0 unspecified atom stereocenters. The Morgan fingerprint density at radius 1 is 0.723 bits per heavy atom. The molecular weight excluding hydrogens is 587 g/mol. The predicted molar refractivity (Wildman–Crippen MR) is 207 cm³/mol. The number of hydrogen-bond donors (Lipinski definition) is 0. The molecular formula is C45H31NS. The van der Waals surface area contributed by atoms with Crippen LogP contribution in [0.15, 0.2) is 134 Å². The van der Waals surface area contributed by atoms with Crippen molar-refractivity contribution >= 4 is 92.5 Å². The number of rotatable bonds is 4. The lowest BCUT2D eigenvalue weighted by molar-refractivity contribution is 1.07. The fraction of sp³-hybridized carbons (Fsp3) is 0.0667. The summed E-state index contributed by atoms with van der Waals surface area (Å²) in [7, 11) is 0. The highest BCUT2D eigenvalue weighted by atomic mass is 32.1. The van der Waals surface area contributed by atoms with Gasteiger partial charge in [-0.2, -0.15) is 0 Å². The summed E-state index contributed by atoms with van der Waals surface area (Å²) in [5, 5.41) is 11.2. The molecule has 47 heavy (non-hydrogen) atoms. The smallest absolute Gasteiger partial charge is 0.0798 e. The Balaban J connectivity index is 1.56. The summed E-state index contributed by atoms with van der Waals surface area (Å²) in [6, 6.07) is 35.3. The van der Waals surface area contributed by atoms with Gasteiger partial charge in [0, 0.05) is 47.6 Å². The van der Waals surface area contributed by atoms with Crippen LogP contribution in [0.1, 0.15) is 36.5 Å². The predicted octanol–water partition coefficient (Wildman–Crippen LogP) is 13.3. The molecule has 0 fully saturated rings. The van der Waals surface area contributed by atoms with Crippen molar-refractivity contribution in [3.63, 3.8) is 0 Å². The molecule has 1 aliphatic carbocycles. The zero-order valence-corrected chi connectivity index (χ0v) is 27.0. The van der Waals surface area contributed by atoms with Gasteiger partial charge in [0.1, 0.15) is 0 Å². The summed E-state index contributed by atoms with van der Waals surface area (Å²) in [6.07, 6.45) is 14.8. The Morgan fingerprint density at radius 3 is 2.34 bits per heavy atom. The third-order valence-corrected chi connectivity index (χ3v) is 10.8. The third-order valence-electron chi connectivity index (χ3n) is 9.58. The van der Waals surface area contributed by atoms with E-state index in [4.69, 9.17) is 4.98 Å². The minimum absolute atomic E-state index is 0.916. The van der Waals surface area contributed by atoms with Gasteiger partial charge in [-0.3, -0.25) is 0 Å². The van der Waals surface area contributed by atoms with Crippen LogP contribution in [0.2, 0.25) is 0 Å². The summed E-state index contributed by atoms with van der Waals surface area (Å²) < 4.78 is 2.61. The number of fused-ring (bicyclic) bond motifs is 10. The average molecular weight is 618 g/mol. The second kappa shape index (κ2) is 11.1. The van der Waals surface area contributed by atoms with E-state index in [1.807, 2.05) is 17.4 Å². The van der Waals surface area contributed by atoms with Crippen LogP contribution in [0.5, 0.6) is 0 Å². The van der Waals surface area contributed by atoms with Gasteiger partial charge in [-0.1, -0.05) is 116 Å². The number of hydrogen-bond acceptors (Lipinski definition) is 2. The maximum absolute atomic E-state index is 5.50. The molecule has 0 atom stereocenters. The topological polar surface area (TPSA) is 12.9 Å². The molecule has 0 N–H and O–H groups in total. The van der Waals surface area contributed by atoms with Crippen LogP contribution in [0.3, 0.4) is 0 Å². The van der Waals surface area contributed by atoms with Gasteiger partial charge in [-0.25, -0.2) is 4.98 Å². The van der Waals surface area contributed by atoms with E-state index < -0.39 is 0 Å². The van der Waals surface area contributed by atoms with Crippen molar-refractivity contribution in [2.75, 3.05) is 0 Å². The SMILES string of the molecule is C=Cc1c(/C=C\C)c2c3ccc4ccccc4c3sc2c2c(-c3nc4ccccc4cc3C3=C=CC=CCC3)cc3ccccc3c12. The molecule has 0 spiro atoms. The maximum Gasteiger partial charge on any atom is 0.0798 e. The molecule has 222 valence electrons. The lowest BCUT2D eigenvalue weighted by Gasteiger charge is -2.19. The first-order valence-electron chi connectivity index (χ1n) is 16.3. The zero-order chi connectivity index (χ0) is 31.5. The molecule has 2 heteroatoms. The highest BCUT2D eigenvalue weighted by Crippen LogP contribution is 2.50. The minimum atomic E-state index is 0.916. The van der Waals surface area contributed by atoms with E-state index in [-0.39, 0.29) is 0 Å². The van der Waals surface area contributed by atoms with Gasteiger partial charge < -0.3 is 0 Å². The van der Waals surface area contributed by atoms with E-state index >= 15 is 0 Å². The number of nitrogens with zero attached hydrogens (tertiary/aromatic N) is 1. The van der Waals surface area contributed by atoms with Crippen LogP contribution < -0.4 is 0 Å². The van der Waals surface area contributed by atoms with Crippen molar-refractivity contribution in [1.82, 2.24) is 4.98 Å². The molecule has 2 heterocycles. The fourth-order valence-electron chi connectivity index (χ4n) is 7.52. The van der Waals surface area contributed by atoms with Crippen LogP contribution in [0.4, 0.5) is 0 Å². The fourth-order valence-corrected chi connectivity index (χ4v) is 8.93. The molecule has 2 aromatic heterocycles. The second-order valence-corrected chi connectivity index (χ2v) is 13.3. The highest BCUT2D eigenvalue weighted by Gasteiger charge is 2.24. The monoisotopic (exact) mass is 617 g/mol. The highest BCUT2D eigenvalue weighted by molar-refractivity contribution is 7.27. The molecule has 0 amide bonds. The van der Waals surface area contributed by atoms with Gasteiger partial charge in [0.05, 0.1) is 11.2 Å². The molecule has 1 nitrogen and oxygen atoms in total. The van der Waals surface area contributed by atoms with E-state index in [0.717, 1.165) is 46.1 Å². The first-order valence-corrected chi connectivity index (χ1v) is 17.1. The van der Waals surface area contributed by atoms with Crippen molar-refractivity contribution in [3.05, 3.63) is 150 Å². The van der Waals surface area contributed by atoms with Crippen LogP contribution in [0, 0.1) is 0 Å². The molecule has 6 aromatic carbocycles. The standard InChI is InChI=1S/C45H31NS/c1-3-15-35-32(4-2)40-33-21-12-10-19-30(33)26-38(42(40)45-41(35)36-25-24-29-18-9-13-22-34(29)44(36)47-45)43-37(28-16-7-5-6-8-17-28)27-31-20-11-14-23-39(31)46-43/h3-7,9-15,18-27H,2,8,17H2,1H3/b15-3-.